The van der Waals surface area contributed by atoms with Crippen molar-refractivity contribution in [3.05, 3.63) is 0 Å². The normalized spacial score (nSPS) is 20.8. The molecule has 0 atom stereocenters. The molecule has 0 unspecified atom stereocenters. The van der Waals surface area contributed by atoms with Gasteiger partial charge in [0.15, 0.2) is 0 Å². The van der Waals surface area contributed by atoms with Crippen LogP contribution >= 0.6 is 11.8 Å². The van der Waals surface area contributed by atoms with Gasteiger partial charge in [-0.15, -0.1) is 0 Å². The Labute approximate surface area is 87.1 Å². The minimum atomic E-state index is 0.666. The minimum Gasteiger partial charge on any atom is -0.316 e. The maximum absolute atomic E-state index is 3.53. The summed E-state index contributed by atoms with van der Waals surface area (Å²) in [4.78, 5) is 0. The van der Waals surface area contributed by atoms with Crippen LogP contribution in [0.3, 0.4) is 0 Å². The van der Waals surface area contributed by atoms with E-state index in [1.165, 1.54) is 44.4 Å². The zero-order valence-electron chi connectivity index (χ0n) is 9.07. The van der Waals surface area contributed by atoms with E-state index in [9.17, 15) is 0 Å². The van der Waals surface area contributed by atoms with Crippen molar-refractivity contribution >= 4 is 11.8 Å². The monoisotopic (exact) mass is 201 g/mol. The van der Waals surface area contributed by atoms with Crippen molar-refractivity contribution in [1.82, 2.24) is 5.32 Å². The highest BCUT2D eigenvalue weighted by molar-refractivity contribution is 7.98. The molecule has 0 amide bonds. The van der Waals surface area contributed by atoms with E-state index in [2.05, 4.69) is 18.5 Å². The molecule has 1 aliphatic rings. The Morgan fingerprint density at radius 3 is 2.54 bits per heavy atom. The highest BCUT2D eigenvalue weighted by atomic mass is 32.2. The lowest BCUT2D eigenvalue weighted by molar-refractivity contribution is 0.274. The van der Waals surface area contributed by atoms with Gasteiger partial charge in [-0.05, 0) is 43.2 Å². The van der Waals surface area contributed by atoms with Gasteiger partial charge in [0.2, 0.25) is 0 Å². The molecule has 13 heavy (non-hydrogen) atoms. The lowest BCUT2D eigenvalue weighted by Crippen LogP contribution is -2.32. The van der Waals surface area contributed by atoms with Gasteiger partial charge in [0.25, 0.3) is 0 Å². The Kier molecular flexibility index (Phi) is 5.18. The topological polar surface area (TPSA) is 12.0 Å². The summed E-state index contributed by atoms with van der Waals surface area (Å²) < 4.78 is 0. The standard InChI is InChI=1S/C11H23NS/c1-3-12-10-11(8-9-13-2)6-4-5-7-11/h12H,3-10H2,1-2H3. The number of rotatable bonds is 6. The molecule has 0 aromatic rings. The fraction of sp³-hybridized carbons (Fsp3) is 1.00. The van der Waals surface area contributed by atoms with Crippen molar-refractivity contribution in [3.63, 3.8) is 0 Å². The van der Waals surface area contributed by atoms with Crippen LogP contribution < -0.4 is 5.32 Å². The summed E-state index contributed by atoms with van der Waals surface area (Å²) >= 11 is 1.99. The fourth-order valence-electron chi connectivity index (χ4n) is 2.35. The molecule has 0 bridgehead atoms. The molecule has 1 fully saturated rings. The molecule has 0 heterocycles. The van der Waals surface area contributed by atoms with Crippen molar-refractivity contribution in [1.29, 1.82) is 0 Å². The molecule has 78 valence electrons. The third-order valence-corrected chi connectivity index (χ3v) is 3.86. The molecular weight excluding hydrogens is 178 g/mol. The van der Waals surface area contributed by atoms with Crippen molar-refractivity contribution < 1.29 is 0 Å². The smallest absolute Gasteiger partial charge is 0.000799 e. The van der Waals surface area contributed by atoms with Crippen molar-refractivity contribution in [2.75, 3.05) is 25.1 Å². The third-order valence-electron chi connectivity index (χ3n) is 3.25. The molecule has 0 aliphatic heterocycles. The van der Waals surface area contributed by atoms with Gasteiger partial charge >= 0.3 is 0 Å². The number of hydrogen-bond acceptors (Lipinski definition) is 2. The summed E-state index contributed by atoms with van der Waals surface area (Å²) in [5.41, 5.74) is 0.666. The van der Waals surface area contributed by atoms with Gasteiger partial charge < -0.3 is 5.32 Å². The van der Waals surface area contributed by atoms with Gasteiger partial charge in [-0.3, -0.25) is 0 Å². The maximum Gasteiger partial charge on any atom is 0.000799 e. The summed E-state index contributed by atoms with van der Waals surface area (Å²) in [6, 6.07) is 0. The van der Waals surface area contributed by atoms with Gasteiger partial charge in [0.1, 0.15) is 0 Å². The molecule has 1 aliphatic carbocycles. The molecule has 0 spiro atoms. The van der Waals surface area contributed by atoms with Crippen molar-refractivity contribution in [2.45, 2.75) is 39.0 Å². The van der Waals surface area contributed by atoms with Gasteiger partial charge in [-0.1, -0.05) is 19.8 Å². The molecule has 0 aromatic heterocycles. The summed E-state index contributed by atoms with van der Waals surface area (Å²) in [5, 5.41) is 3.53. The lowest BCUT2D eigenvalue weighted by atomic mass is 9.83. The average Bonchev–Trinajstić information content (AvgIpc) is 2.61. The largest absolute Gasteiger partial charge is 0.316 e. The molecule has 1 N–H and O–H groups in total. The molecule has 1 nitrogen and oxygen atoms in total. The fourth-order valence-corrected chi connectivity index (χ4v) is 2.99. The van der Waals surface area contributed by atoms with Gasteiger partial charge in [-0.25, -0.2) is 0 Å². The average molecular weight is 201 g/mol. The third kappa shape index (κ3) is 3.51. The maximum atomic E-state index is 3.53. The van der Waals surface area contributed by atoms with Crippen LogP contribution in [0.2, 0.25) is 0 Å². The van der Waals surface area contributed by atoms with Crippen LogP contribution in [-0.2, 0) is 0 Å². The molecule has 1 rings (SSSR count). The Bertz CT molecular complexity index is 120. The van der Waals surface area contributed by atoms with E-state index in [0.717, 1.165) is 6.54 Å². The Morgan fingerprint density at radius 2 is 2.00 bits per heavy atom. The molecule has 0 radical (unpaired) electrons. The Morgan fingerprint density at radius 1 is 1.31 bits per heavy atom. The van der Waals surface area contributed by atoms with Crippen LogP contribution in [0.4, 0.5) is 0 Å². The summed E-state index contributed by atoms with van der Waals surface area (Å²) in [6.07, 6.45) is 9.47. The van der Waals surface area contributed by atoms with Crippen molar-refractivity contribution in [2.24, 2.45) is 5.41 Å². The molecule has 1 saturated carbocycles. The second-order valence-electron chi connectivity index (χ2n) is 4.23. The van der Waals surface area contributed by atoms with E-state index in [1.807, 2.05) is 11.8 Å². The summed E-state index contributed by atoms with van der Waals surface area (Å²) in [6.45, 7) is 4.59. The Hall–Kier alpha value is 0.310. The first kappa shape index (κ1) is 11.4. The van der Waals surface area contributed by atoms with Gasteiger partial charge in [0, 0.05) is 6.54 Å². The van der Waals surface area contributed by atoms with E-state index >= 15 is 0 Å². The van der Waals surface area contributed by atoms with Crippen LogP contribution in [0.15, 0.2) is 0 Å². The SMILES string of the molecule is CCNCC1(CCSC)CCCC1. The van der Waals surface area contributed by atoms with Crippen LogP contribution in [-0.4, -0.2) is 25.1 Å². The zero-order valence-corrected chi connectivity index (χ0v) is 9.88. The van der Waals surface area contributed by atoms with Crippen LogP contribution in [0.1, 0.15) is 39.0 Å². The molecule has 0 saturated heterocycles. The summed E-state index contributed by atoms with van der Waals surface area (Å²) in [5.74, 6) is 1.34. The molecule has 0 aromatic carbocycles. The van der Waals surface area contributed by atoms with Crippen molar-refractivity contribution in [3.8, 4) is 0 Å². The number of nitrogens with one attached hydrogen (secondary N) is 1. The number of thioether (sulfide) groups is 1. The van der Waals surface area contributed by atoms with Crippen LogP contribution in [0.5, 0.6) is 0 Å². The predicted molar refractivity (Wildman–Crippen MR) is 62.4 cm³/mol. The van der Waals surface area contributed by atoms with E-state index in [0.29, 0.717) is 5.41 Å². The van der Waals surface area contributed by atoms with E-state index in [1.54, 1.807) is 0 Å². The first-order valence-electron chi connectivity index (χ1n) is 5.53. The Balaban J connectivity index is 2.33. The summed E-state index contributed by atoms with van der Waals surface area (Å²) in [7, 11) is 0. The second kappa shape index (κ2) is 5.92. The van der Waals surface area contributed by atoms with E-state index < -0.39 is 0 Å². The lowest BCUT2D eigenvalue weighted by Gasteiger charge is -2.29. The first-order valence-corrected chi connectivity index (χ1v) is 6.92. The van der Waals surface area contributed by atoms with Crippen LogP contribution in [0, 0.1) is 5.41 Å². The second-order valence-corrected chi connectivity index (χ2v) is 5.22. The highest BCUT2D eigenvalue weighted by Gasteiger charge is 2.32. The minimum absolute atomic E-state index is 0.666. The van der Waals surface area contributed by atoms with E-state index in [-0.39, 0.29) is 0 Å². The van der Waals surface area contributed by atoms with Gasteiger partial charge in [0.05, 0.1) is 0 Å². The quantitative estimate of drug-likeness (QED) is 0.709. The predicted octanol–water partition coefficient (Wildman–Crippen LogP) is 2.91. The van der Waals surface area contributed by atoms with E-state index in [4.69, 9.17) is 0 Å². The first-order chi connectivity index (χ1) is 6.33. The van der Waals surface area contributed by atoms with Crippen LogP contribution in [0.25, 0.3) is 0 Å². The molecule has 2 heteroatoms. The molecular formula is C11H23NS. The zero-order chi connectivity index (χ0) is 9.57. The van der Waals surface area contributed by atoms with Gasteiger partial charge in [-0.2, -0.15) is 11.8 Å². The number of hydrogen-bond donors (Lipinski definition) is 1. The highest BCUT2D eigenvalue weighted by Crippen LogP contribution is 2.41.